The fourth-order valence-corrected chi connectivity index (χ4v) is 1.71. The quantitative estimate of drug-likeness (QED) is 0.809. The molecule has 5 nitrogen and oxygen atoms in total. The van der Waals surface area contributed by atoms with Crippen LogP contribution in [0, 0.1) is 5.92 Å². The van der Waals surface area contributed by atoms with E-state index in [0.717, 1.165) is 11.3 Å². The molecule has 0 spiro atoms. The van der Waals surface area contributed by atoms with Gasteiger partial charge in [-0.3, -0.25) is 4.79 Å². The lowest BCUT2D eigenvalue weighted by Crippen LogP contribution is -2.10. The van der Waals surface area contributed by atoms with Crippen LogP contribution in [0.5, 0.6) is 5.75 Å². The number of nitrogens with zero attached hydrogens (tertiary/aromatic N) is 2. The van der Waals surface area contributed by atoms with E-state index in [0.29, 0.717) is 18.1 Å². The zero-order chi connectivity index (χ0) is 14.5. The first-order valence-electron chi connectivity index (χ1n) is 6.55. The van der Waals surface area contributed by atoms with Gasteiger partial charge in [0, 0.05) is 12.3 Å². The van der Waals surface area contributed by atoms with Crippen molar-refractivity contribution in [1.29, 1.82) is 0 Å². The van der Waals surface area contributed by atoms with Crippen molar-refractivity contribution in [3.63, 3.8) is 0 Å². The number of ether oxygens (including phenoxy) is 1. The van der Waals surface area contributed by atoms with E-state index in [2.05, 4.69) is 10.1 Å². The van der Waals surface area contributed by atoms with Crippen LogP contribution in [0.2, 0.25) is 0 Å². The van der Waals surface area contributed by atoms with Gasteiger partial charge in [-0.05, 0) is 17.7 Å². The van der Waals surface area contributed by atoms with Crippen LogP contribution < -0.4 is 4.74 Å². The minimum Gasteiger partial charge on any atom is -0.497 e. The van der Waals surface area contributed by atoms with Crippen LogP contribution in [0.25, 0.3) is 0 Å². The van der Waals surface area contributed by atoms with Gasteiger partial charge in [-0.1, -0.05) is 31.1 Å². The van der Waals surface area contributed by atoms with Crippen molar-refractivity contribution in [1.82, 2.24) is 10.1 Å². The molecule has 2 rings (SSSR count). The molecule has 106 valence electrons. The minimum atomic E-state index is -0.0214. The van der Waals surface area contributed by atoms with Crippen LogP contribution in [-0.2, 0) is 17.6 Å². The molecule has 5 heteroatoms. The van der Waals surface area contributed by atoms with E-state index in [-0.39, 0.29) is 18.1 Å². The molecule has 0 fully saturated rings. The van der Waals surface area contributed by atoms with E-state index in [9.17, 15) is 4.79 Å². The number of carbonyl (C=O) groups excluding carboxylic acids is 1. The molecule has 0 saturated carbocycles. The molecule has 0 saturated heterocycles. The summed E-state index contributed by atoms with van der Waals surface area (Å²) in [7, 11) is 1.63. The molecule has 20 heavy (non-hydrogen) atoms. The maximum atomic E-state index is 11.6. The van der Waals surface area contributed by atoms with Gasteiger partial charge >= 0.3 is 0 Å². The third-order valence-electron chi connectivity index (χ3n) is 3.00. The largest absolute Gasteiger partial charge is 0.497 e. The van der Waals surface area contributed by atoms with Crippen LogP contribution in [0.4, 0.5) is 0 Å². The van der Waals surface area contributed by atoms with Gasteiger partial charge in [0.15, 0.2) is 5.82 Å². The zero-order valence-electron chi connectivity index (χ0n) is 11.9. The Balaban J connectivity index is 1.99. The fourth-order valence-electron chi connectivity index (χ4n) is 1.71. The topological polar surface area (TPSA) is 65.2 Å². The van der Waals surface area contributed by atoms with Crippen LogP contribution in [0.3, 0.4) is 0 Å². The standard InChI is InChI=1S/C15H18N2O3/c1-10(2)13(18)9-15-16-14(17-20-15)8-11-4-6-12(19-3)7-5-11/h4-7,10H,8-9H2,1-3H3. The number of methoxy groups -OCH3 is 1. The molecule has 1 aromatic heterocycles. The lowest BCUT2D eigenvalue weighted by atomic mass is 10.1. The van der Waals surface area contributed by atoms with Crippen LogP contribution in [0.15, 0.2) is 28.8 Å². The Morgan fingerprint density at radius 2 is 2.00 bits per heavy atom. The number of rotatable bonds is 6. The number of carbonyl (C=O) groups is 1. The summed E-state index contributed by atoms with van der Waals surface area (Å²) < 4.78 is 10.2. The Hall–Kier alpha value is -2.17. The fraction of sp³-hybridized carbons (Fsp3) is 0.400. The summed E-state index contributed by atoms with van der Waals surface area (Å²) in [6, 6.07) is 7.68. The van der Waals surface area contributed by atoms with Crippen molar-refractivity contribution < 1.29 is 14.1 Å². The Labute approximate surface area is 118 Å². The van der Waals surface area contributed by atoms with Crippen molar-refractivity contribution in [3.8, 4) is 5.75 Å². The van der Waals surface area contributed by atoms with E-state index in [4.69, 9.17) is 9.26 Å². The third kappa shape index (κ3) is 3.66. The highest BCUT2D eigenvalue weighted by molar-refractivity contribution is 5.81. The highest BCUT2D eigenvalue weighted by Gasteiger charge is 2.14. The van der Waals surface area contributed by atoms with Crippen molar-refractivity contribution in [3.05, 3.63) is 41.5 Å². The van der Waals surface area contributed by atoms with Crippen molar-refractivity contribution >= 4 is 5.78 Å². The molecule has 1 aromatic carbocycles. The maximum Gasteiger partial charge on any atom is 0.234 e. The Bertz CT molecular complexity index is 573. The highest BCUT2D eigenvalue weighted by atomic mass is 16.5. The second kappa shape index (κ2) is 6.32. The van der Waals surface area contributed by atoms with Gasteiger partial charge in [-0.25, -0.2) is 0 Å². The Morgan fingerprint density at radius 1 is 1.30 bits per heavy atom. The molecule has 0 atom stereocenters. The van der Waals surface area contributed by atoms with Gasteiger partial charge < -0.3 is 9.26 Å². The molecule has 0 N–H and O–H groups in total. The van der Waals surface area contributed by atoms with Crippen molar-refractivity contribution in [2.75, 3.05) is 7.11 Å². The monoisotopic (exact) mass is 274 g/mol. The summed E-state index contributed by atoms with van der Waals surface area (Å²) in [5.41, 5.74) is 1.06. The van der Waals surface area contributed by atoms with Crippen LogP contribution >= 0.6 is 0 Å². The van der Waals surface area contributed by atoms with E-state index < -0.39 is 0 Å². The lowest BCUT2D eigenvalue weighted by Gasteiger charge is -2.00. The number of ketones is 1. The van der Waals surface area contributed by atoms with Gasteiger partial charge in [0.05, 0.1) is 13.5 Å². The molecule has 0 radical (unpaired) electrons. The Morgan fingerprint density at radius 3 is 2.60 bits per heavy atom. The van der Waals surface area contributed by atoms with Crippen molar-refractivity contribution in [2.24, 2.45) is 5.92 Å². The number of aromatic nitrogens is 2. The number of benzene rings is 1. The summed E-state index contributed by atoms with van der Waals surface area (Å²) in [4.78, 5) is 15.8. The van der Waals surface area contributed by atoms with Gasteiger partial charge in [0.2, 0.25) is 5.89 Å². The molecule has 0 aliphatic carbocycles. The first-order valence-corrected chi connectivity index (χ1v) is 6.55. The van der Waals surface area contributed by atoms with Gasteiger partial charge in [0.25, 0.3) is 0 Å². The summed E-state index contributed by atoms with van der Waals surface area (Å²) in [5.74, 6) is 1.86. The van der Waals surface area contributed by atoms with Crippen LogP contribution in [-0.4, -0.2) is 23.0 Å². The minimum absolute atomic E-state index is 0.0214. The highest BCUT2D eigenvalue weighted by Crippen LogP contribution is 2.14. The van der Waals surface area contributed by atoms with Crippen molar-refractivity contribution in [2.45, 2.75) is 26.7 Å². The second-order valence-corrected chi connectivity index (χ2v) is 4.93. The predicted molar refractivity (Wildman–Crippen MR) is 73.6 cm³/mol. The number of Topliss-reactive ketones (excluding diaryl/α,β-unsaturated/α-hetero) is 1. The maximum absolute atomic E-state index is 11.6. The summed E-state index contributed by atoms with van der Waals surface area (Å²) in [6.07, 6.45) is 0.774. The lowest BCUT2D eigenvalue weighted by molar-refractivity contribution is -0.121. The summed E-state index contributed by atoms with van der Waals surface area (Å²) in [5, 5.41) is 3.90. The smallest absolute Gasteiger partial charge is 0.234 e. The molecular formula is C15H18N2O3. The van der Waals surface area contributed by atoms with E-state index >= 15 is 0 Å². The molecule has 0 unspecified atom stereocenters. The second-order valence-electron chi connectivity index (χ2n) is 4.93. The first kappa shape index (κ1) is 14.2. The third-order valence-corrected chi connectivity index (χ3v) is 3.00. The van der Waals surface area contributed by atoms with Crippen LogP contribution in [0.1, 0.15) is 31.1 Å². The predicted octanol–water partition coefficient (Wildman–Crippen LogP) is 2.44. The number of hydrogen-bond acceptors (Lipinski definition) is 5. The Kier molecular flexibility index (Phi) is 4.50. The average Bonchev–Trinajstić information content (AvgIpc) is 2.86. The normalized spacial score (nSPS) is 10.8. The molecule has 0 aliphatic rings. The molecule has 2 aromatic rings. The van der Waals surface area contributed by atoms with E-state index in [1.165, 1.54) is 0 Å². The summed E-state index contributed by atoms with van der Waals surface area (Å²) >= 11 is 0. The zero-order valence-corrected chi connectivity index (χ0v) is 11.9. The van der Waals surface area contributed by atoms with Gasteiger partial charge in [0.1, 0.15) is 11.5 Å². The van der Waals surface area contributed by atoms with Gasteiger partial charge in [-0.2, -0.15) is 4.98 Å². The van der Waals surface area contributed by atoms with E-state index in [1.54, 1.807) is 7.11 Å². The first-order chi connectivity index (χ1) is 9.58. The average molecular weight is 274 g/mol. The molecule has 1 heterocycles. The molecule has 0 aliphatic heterocycles. The molecule has 0 amide bonds. The molecule has 0 bridgehead atoms. The SMILES string of the molecule is COc1ccc(Cc2noc(CC(=O)C(C)C)n2)cc1. The van der Waals surface area contributed by atoms with E-state index in [1.807, 2.05) is 38.1 Å². The van der Waals surface area contributed by atoms with Gasteiger partial charge in [-0.15, -0.1) is 0 Å². The molecular weight excluding hydrogens is 256 g/mol. The summed E-state index contributed by atoms with van der Waals surface area (Å²) in [6.45, 7) is 3.72. The number of hydrogen-bond donors (Lipinski definition) is 0.